The number of hydrogen-bond acceptors (Lipinski definition) is 2. The first-order valence-corrected chi connectivity index (χ1v) is 7.47. The van der Waals surface area contributed by atoms with Crippen molar-refractivity contribution in [3.63, 3.8) is 0 Å². The molecule has 1 N–H and O–H groups in total. The van der Waals surface area contributed by atoms with Gasteiger partial charge in [0.2, 0.25) is 0 Å². The Labute approximate surface area is 128 Å². The summed E-state index contributed by atoms with van der Waals surface area (Å²) in [4.78, 5) is 0. The minimum absolute atomic E-state index is 0.343. The molecule has 0 heterocycles. The molecule has 0 saturated carbocycles. The summed E-state index contributed by atoms with van der Waals surface area (Å²) in [5.41, 5.74) is 6.54. The van der Waals surface area contributed by atoms with Crippen LogP contribution in [0.1, 0.15) is 40.8 Å². The van der Waals surface area contributed by atoms with Crippen LogP contribution in [0.2, 0.25) is 0 Å². The Balaban J connectivity index is 1.98. The Kier molecular flexibility index (Phi) is 5.54. The highest BCUT2D eigenvalue weighted by Gasteiger charge is 2.06. The van der Waals surface area contributed by atoms with Crippen molar-refractivity contribution < 1.29 is 4.74 Å². The van der Waals surface area contributed by atoms with Crippen molar-refractivity contribution in [1.82, 2.24) is 5.32 Å². The van der Waals surface area contributed by atoms with E-state index in [9.17, 15) is 0 Å². The van der Waals surface area contributed by atoms with Gasteiger partial charge in [0.05, 0.1) is 6.61 Å². The molecule has 2 nitrogen and oxygen atoms in total. The second kappa shape index (κ2) is 7.39. The molecule has 0 saturated heterocycles. The summed E-state index contributed by atoms with van der Waals surface area (Å²) in [6.07, 6.45) is 0. The molecule has 21 heavy (non-hydrogen) atoms. The molecule has 0 fully saturated rings. The van der Waals surface area contributed by atoms with Crippen molar-refractivity contribution in [3.8, 4) is 0 Å². The predicted molar refractivity (Wildman–Crippen MR) is 88.3 cm³/mol. The molecule has 1 atom stereocenters. The topological polar surface area (TPSA) is 21.3 Å². The summed E-state index contributed by atoms with van der Waals surface area (Å²) in [5, 5.41) is 3.59. The fourth-order valence-corrected chi connectivity index (χ4v) is 2.42. The molecule has 0 amide bonds. The monoisotopic (exact) mass is 283 g/mol. The normalized spacial score (nSPS) is 12.4. The largest absolute Gasteiger partial charge is 0.380 e. The molecule has 112 valence electrons. The van der Waals surface area contributed by atoms with E-state index in [1.54, 1.807) is 7.11 Å². The van der Waals surface area contributed by atoms with Crippen LogP contribution in [0.5, 0.6) is 0 Å². The van der Waals surface area contributed by atoms with Crippen molar-refractivity contribution in [1.29, 1.82) is 0 Å². The van der Waals surface area contributed by atoms with Gasteiger partial charge >= 0.3 is 0 Å². The Morgan fingerprint density at radius 3 is 2.48 bits per heavy atom. The first-order valence-electron chi connectivity index (χ1n) is 7.47. The first-order chi connectivity index (χ1) is 10.1. The summed E-state index contributed by atoms with van der Waals surface area (Å²) in [5.74, 6) is 0. The number of benzene rings is 2. The molecule has 0 aromatic heterocycles. The van der Waals surface area contributed by atoms with Gasteiger partial charge in [0.25, 0.3) is 0 Å². The van der Waals surface area contributed by atoms with Crippen LogP contribution in [0, 0.1) is 13.8 Å². The van der Waals surface area contributed by atoms with E-state index in [1.165, 1.54) is 27.8 Å². The van der Waals surface area contributed by atoms with Gasteiger partial charge in [-0.25, -0.2) is 0 Å². The maximum atomic E-state index is 5.18. The standard InChI is InChI=1S/C19H25NO/c1-14-8-9-19(10-15(14)2)16(3)20-12-17-6-5-7-18(11-17)13-21-4/h5-11,16,20H,12-13H2,1-4H3. The number of aryl methyl sites for hydroxylation is 2. The molecule has 0 bridgehead atoms. The lowest BCUT2D eigenvalue weighted by Gasteiger charge is -2.16. The van der Waals surface area contributed by atoms with Crippen LogP contribution in [0.3, 0.4) is 0 Å². The third-order valence-electron chi connectivity index (χ3n) is 3.95. The van der Waals surface area contributed by atoms with Crippen LogP contribution in [0.15, 0.2) is 42.5 Å². The summed E-state index contributed by atoms with van der Waals surface area (Å²) < 4.78 is 5.18. The lowest BCUT2D eigenvalue weighted by molar-refractivity contribution is 0.185. The Morgan fingerprint density at radius 2 is 1.76 bits per heavy atom. The highest BCUT2D eigenvalue weighted by molar-refractivity contribution is 5.31. The Hall–Kier alpha value is -1.64. The average molecular weight is 283 g/mol. The molecule has 2 aromatic carbocycles. The van der Waals surface area contributed by atoms with Crippen molar-refractivity contribution in [2.24, 2.45) is 0 Å². The molecule has 2 rings (SSSR count). The second-order valence-electron chi connectivity index (χ2n) is 5.70. The molecule has 0 aliphatic carbocycles. The zero-order chi connectivity index (χ0) is 15.2. The van der Waals surface area contributed by atoms with E-state index in [1.807, 2.05) is 0 Å². The second-order valence-corrected chi connectivity index (χ2v) is 5.70. The summed E-state index contributed by atoms with van der Waals surface area (Å²) in [6.45, 7) is 8.06. The third kappa shape index (κ3) is 4.42. The molecule has 1 unspecified atom stereocenters. The van der Waals surface area contributed by atoms with Crippen molar-refractivity contribution in [2.45, 2.75) is 40.0 Å². The molecule has 0 spiro atoms. The molecule has 2 heteroatoms. The van der Waals surface area contributed by atoms with E-state index < -0.39 is 0 Å². The quantitative estimate of drug-likeness (QED) is 0.853. The van der Waals surface area contributed by atoms with Crippen LogP contribution in [-0.2, 0) is 17.9 Å². The average Bonchev–Trinajstić information content (AvgIpc) is 2.48. The van der Waals surface area contributed by atoms with Gasteiger partial charge in [0.1, 0.15) is 0 Å². The predicted octanol–water partition coefficient (Wildman–Crippen LogP) is 4.30. The maximum Gasteiger partial charge on any atom is 0.0713 e. The summed E-state index contributed by atoms with van der Waals surface area (Å²) in [6, 6.07) is 15.6. The minimum atomic E-state index is 0.343. The number of methoxy groups -OCH3 is 1. The van der Waals surface area contributed by atoms with Gasteiger partial charge in [-0.05, 0) is 48.6 Å². The van der Waals surface area contributed by atoms with Crippen molar-refractivity contribution >= 4 is 0 Å². The van der Waals surface area contributed by atoms with Crippen molar-refractivity contribution in [3.05, 3.63) is 70.3 Å². The molecule has 2 aromatic rings. The lowest BCUT2D eigenvalue weighted by atomic mass is 10.0. The van der Waals surface area contributed by atoms with Gasteiger partial charge in [-0.3, -0.25) is 0 Å². The molecule has 0 aliphatic rings. The summed E-state index contributed by atoms with van der Waals surface area (Å²) >= 11 is 0. The van der Waals surface area contributed by atoms with Crippen LogP contribution < -0.4 is 5.32 Å². The van der Waals surface area contributed by atoms with Crippen LogP contribution in [-0.4, -0.2) is 7.11 Å². The lowest BCUT2D eigenvalue weighted by Crippen LogP contribution is -2.18. The Bertz CT molecular complexity index is 592. The number of ether oxygens (including phenoxy) is 1. The first kappa shape index (κ1) is 15.7. The third-order valence-corrected chi connectivity index (χ3v) is 3.95. The number of nitrogens with one attached hydrogen (secondary N) is 1. The zero-order valence-corrected chi connectivity index (χ0v) is 13.4. The van der Waals surface area contributed by atoms with Gasteiger partial charge in [-0.15, -0.1) is 0 Å². The highest BCUT2D eigenvalue weighted by atomic mass is 16.5. The smallest absolute Gasteiger partial charge is 0.0713 e. The molecular formula is C19H25NO. The van der Waals surface area contributed by atoms with Gasteiger partial charge in [-0.2, -0.15) is 0 Å². The van der Waals surface area contributed by atoms with E-state index in [0.29, 0.717) is 12.6 Å². The molecule has 0 radical (unpaired) electrons. The SMILES string of the molecule is COCc1cccc(CNC(C)c2ccc(C)c(C)c2)c1. The van der Waals surface area contributed by atoms with Gasteiger partial charge < -0.3 is 10.1 Å². The van der Waals surface area contributed by atoms with E-state index >= 15 is 0 Å². The fraction of sp³-hybridized carbons (Fsp3) is 0.368. The fourth-order valence-electron chi connectivity index (χ4n) is 2.42. The van der Waals surface area contributed by atoms with E-state index in [0.717, 1.165) is 6.54 Å². The van der Waals surface area contributed by atoms with Gasteiger partial charge in [0, 0.05) is 19.7 Å². The number of hydrogen-bond donors (Lipinski definition) is 1. The number of rotatable bonds is 6. The van der Waals surface area contributed by atoms with Crippen LogP contribution in [0.4, 0.5) is 0 Å². The van der Waals surface area contributed by atoms with Crippen LogP contribution in [0.25, 0.3) is 0 Å². The zero-order valence-electron chi connectivity index (χ0n) is 13.4. The van der Waals surface area contributed by atoms with E-state index in [-0.39, 0.29) is 0 Å². The highest BCUT2D eigenvalue weighted by Crippen LogP contribution is 2.17. The van der Waals surface area contributed by atoms with Crippen molar-refractivity contribution in [2.75, 3.05) is 7.11 Å². The molecular weight excluding hydrogens is 258 g/mol. The van der Waals surface area contributed by atoms with E-state index in [2.05, 4.69) is 68.6 Å². The Morgan fingerprint density at radius 1 is 1.00 bits per heavy atom. The minimum Gasteiger partial charge on any atom is -0.380 e. The van der Waals surface area contributed by atoms with Crippen LogP contribution >= 0.6 is 0 Å². The summed E-state index contributed by atoms with van der Waals surface area (Å²) in [7, 11) is 1.73. The van der Waals surface area contributed by atoms with Gasteiger partial charge in [-0.1, -0.05) is 42.5 Å². The van der Waals surface area contributed by atoms with E-state index in [4.69, 9.17) is 4.74 Å². The maximum absolute atomic E-state index is 5.18. The molecule has 0 aliphatic heterocycles. The van der Waals surface area contributed by atoms with Gasteiger partial charge in [0.15, 0.2) is 0 Å².